The van der Waals surface area contributed by atoms with Crippen molar-refractivity contribution in [2.45, 2.75) is 38.5 Å². The van der Waals surface area contributed by atoms with Crippen molar-refractivity contribution in [1.29, 1.82) is 0 Å². The summed E-state index contributed by atoms with van der Waals surface area (Å²) >= 11 is 0. The Kier molecular flexibility index (Phi) is 1.98. The Balaban J connectivity index is 2.37. The van der Waals surface area contributed by atoms with E-state index in [1.165, 1.54) is 24.1 Å². The molecule has 2 nitrogen and oxygen atoms in total. The fraction of sp³-hybridized carbons (Fsp3) is 0.545. The molecule has 1 N–H and O–H groups in total. The molecule has 0 fully saturated rings. The van der Waals surface area contributed by atoms with Gasteiger partial charge in [-0.3, -0.25) is 0 Å². The number of hydrogen-bond donors (Lipinski definition) is 1. The zero-order chi connectivity index (χ0) is 9.31. The molecule has 2 rings (SSSR count). The SMILES string of the molecule is CCC1(c2cnc[nH]2)C=C(C)CC1. The number of imidazole rings is 1. The van der Waals surface area contributed by atoms with E-state index < -0.39 is 0 Å². The Morgan fingerprint density at radius 3 is 2.92 bits per heavy atom. The van der Waals surface area contributed by atoms with E-state index in [0.29, 0.717) is 0 Å². The van der Waals surface area contributed by atoms with Crippen LogP contribution in [0.25, 0.3) is 0 Å². The van der Waals surface area contributed by atoms with E-state index in [4.69, 9.17) is 0 Å². The predicted molar refractivity (Wildman–Crippen MR) is 53.5 cm³/mol. The van der Waals surface area contributed by atoms with Crippen molar-refractivity contribution in [2.75, 3.05) is 0 Å². The summed E-state index contributed by atoms with van der Waals surface area (Å²) in [5.41, 5.74) is 3.03. The normalized spacial score (nSPS) is 27.7. The van der Waals surface area contributed by atoms with Crippen molar-refractivity contribution in [2.24, 2.45) is 0 Å². The van der Waals surface area contributed by atoms with Crippen LogP contribution >= 0.6 is 0 Å². The fourth-order valence-corrected chi connectivity index (χ4v) is 2.25. The van der Waals surface area contributed by atoms with Crippen LogP contribution in [0, 0.1) is 0 Å². The first-order chi connectivity index (χ1) is 6.27. The van der Waals surface area contributed by atoms with Gasteiger partial charge in [0.25, 0.3) is 0 Å². The first-order valence-corrected chi connectivity index (χ1v) is 4.94. The van der Waals surface area contributed by atoms with Crippen molar-refractivity contribution >= 4 is 0 Å². The average Bonchev–Trinajstić information content (AvgIpc) is 2.73. The predicted octanol–water partition coefficient (Wildman–Crippen LogP) is 2.80. The first kappa shape index (κ1) is 8.54. The molecular weight excluding hydrogens is 160 g/mol. The zero-order valence-corrected chi connectivity index (χ0v) is 8.30. The number of aromatic amines is 1. The number of nitrogens with zero attached hydrogens (tertiary/aromatic N) is 1. The molecule has 2 heteroatoms. The van der Waals surface area contributed by atoms with Gasteiger partial charge in [-0.25, -0.2) is 4.98 Å². The number of aromatic nitrogens is 2. The van der Waals surface area contributed by atoms with Crippen LogP contribution in [-0.4, -0.2) is 9.97 Å². The van der Waals surface area contributed by atoms with Crippen LogP contribution in [0.2, 0.25) is 0 Å². The van der Waals surface area contributed by atoms with Crippen molar-refractivity contribution in [3.8, 4) is 0 Å². The third-order valence-electron chi connectivity index (χ3n) is 3.15. The number of H-pyrrole nitrogens is 1. The molecule has 0 amide bonds. The minimum absolute atomic E-state index is 0.251. The van der Waals surface area contributed by atoms with Gasteiger partial charge in [-0.05, 0) is 26.2 Å². The molecule has 1 aromatic heterocycles. The van der Waals surface area contributed by atoms with Gasteiger partial charge in [0, 0.05) is 17.3 Å². The molecule has 0 aliphatic heterocycles. The Hall–Kier alpha value is -1.05. The van der Waals surface area contributed by atoms with Gasteiger partial charge in [0.15, 0.2) is 0 Å². The minimum atomic E-state index is 0.251. The van der Waals surface area contributed by atoms with Gasteiger partial charge in [-0.2, -0.15) is 0 Å². The van der Waals surface area contributed by atoms with Gasteiger partial charge >= 0.3 is 0 Å². The van der Waals surface area contributed by atoms with Gasteiger partial charge in [0.05, 0.1) is 6.33 Å². The molecule has 1 aromatic rings. The van der Waals surface area contributed by atoms with Crippen LogP contribution in [0.5, 0.6) is 0 Å². The van der Waals surface area contributed by atoms with Crippen molar-refractivity contribution in [3.05, 3.63) is 29.9 Å². The maximum absolute atomic E-state index is 4.10. The molecule has 1 atom stereocenters. The van der Waals surface area contributed by atoms with Crippen molar-refractivity contribution in [3.63, 3.8) is 0 Å². The number of hydrogen-bond acceptors (Lipinski definition) is 1. The van der Waals surface area contributed by atoms with Crippen LogP contribution in [-0.2, 0) is 5.41 Å². The van der Waals surface area contributed by atoms with Gasteiger partial charge in [-0.1, -0.05) is 18.6 Å². The summed E-state index contributed by atoms with van der Waals surface area (Å²) in [6.07, 6.45) is 9.75. The summed E-state index contributed by atoms with van der Waals surface area (Å²) in [4.78, 5) is 7.34. The number of allylic oxidation sites excluding steroid dienone is 2. The highest BCUT2D eigenvalue weighted by Gasteiger charge is 2.32. The highest BCUT2D eigenvalue weighted by atomic mass is 14.9. The van der Waals surface area contributed by atoms with Gasteiger partial charge in [-0.15, -0.1) is 0 Å². The highest BCUT2D eigenvalue weighted by molar-refractivity contribution is 5.29. The van der Waals surface area contributed by atoms with Crippen molar-refractivity contribution < 1.29 is 0 Å². The monoisotopic (exact) mass is 176 g/mol. The summed E-state index contributed by atoms with van der Waals surface area (Å²) in [5, 5.41) is 0. The zero-order valence-electron chi connectivity index (χ0n) is 8.30. The molecule has 0 bridgehead atoms. The molecule has 1 aliphatic carbocycles. The maximum atomic E-state index is 4.10. The second kappa shape index (κ2) is 3.02. The van der Waals surface area contributed by atoms with E-state index in [-0.39, 0.29) is 5.41 Å². The minimum Gasteiger partial charge on any atom is -0.348 e. The lowest BCUT2D eigenvalue weighted by Gasteiger charge is -2.23. The average molecular weight is 176 g/mol. The largest absolute Gasteiger partial charge is 0.348 e. The Bertz CT molecular complexity index is 311. The lowest BCUT2D eigenvalue weighted by molar-refractivity contribution is 0.492. The molecule has 0 spiro atoms. The summed E-state index contributed by atoms with van der Waals surface area (Å²) in [6.45, 7) is 4.46. The molecule has 70 valence electrons. The second-order valence-corrected chi connectivity index (χ2v) is 3.97. The highest BCUT2D eigenvalue weighted by Crippen LogP contribution is 2.40. The van der Waals surface area contributed by atoms with E-state index in [2.05, 4.69) is 29.9 Å². The van der Waals surface area contributed by atoms with Crippen LogP contribution in [0.4, 0.5) is 0 Å². The Morgan fingerprint density at radius 1 is 1.62 bits per heavy atom. The van der Waals surface area contributed by atoms with E-state index in [9.17, 15) is 0 Å². The summed E-state index contributed by atoms with van der Waals surface area (Å²) in [7, 11) is 0. The number of nitrogens with one attached hydrogen (secondary N) is 1. The van der Waals surface area contributed by atoms with E-state index in [1.54, 1.807) is 6.33 Å². The molecule has 1 aliphatic rings. The summed E-state index contributed by atoms with van der Waals surface area (Å²) in [6, 6.07) is 0. The summed E-state index contributed by atoms with van der Waals surface area (Å²) in [5.74, 6) is 0. The molecule has 0 radical (unpaired) electrons. The number of rotatable bonds is 2. The summed E-state index contributed by atoms with van der Waals surface area (Å²) < 4.78 is 0. The third-order valence-corrected chi connectivity index (χ3v) is 3.15. The molecular formula is C11H16N2. The lowest BCUT2D eigenvalue weighted by atomic mass is 9.82. The van der Waals surface area contributed by atoms with Crippen LogP contribution in [0.1, 0.15) is 38.8 Å². The van der Waals surface area contributed by atoms with Crippen molar-refractivity contribution in [1.82, 2.24) is 9.97 Å². The maximum Gasteiger partial charge on any atom is 0.0922 e. The molecule has 1 unspecified atom stereocenters. The standard InChI is InChI=1S/C11H16N2/c1-3-11(5-4-9(2)6-11)10-7-12-8-13-10/h6-8H,3-5H2,1-2H3,(H,12,13). The quantitative estimate of drug-likeness (QED) is 0.690. The Labute approximate surface area is 79.1 Å². The van der Waals surface area contributed by atoms with Crippen LogP contribution in [0.15, 0.2) is 24.2 Å². The van der Waals surface area contributed by atoms with Gasteiger partial charge < -0.3 is 4.98 Å². The topological polar surface area (TPSA) is 28.7 Å². The molecule has 0 aromatic carbocycles. The first-order valence-electron chi connectivity index (χ1n) is 4.94. The van der Waals surface area contributed by atoms with Crippen LogP contribution in [0.3, 0.4) is 0 Å². The van der Waals surface area contributed by atoms with E-state index in [0.717, 1.165) is 6.42 Å². The van der Waals surface area contributed by atoms with Gasteiger partial charge in [0.1, 0.15) is 0 Å². The van der Waals surface area contributed by atoms with Crippen LogP contribution < -0.4 is 0 Å². The van der Waals surface area contributed by atoms with E-state index in [1.807, 2.05) is 6.20 Å². The fourth-order valence-electron chi connectivity index (χ4n) is 2.25. The second-order valence-electron chi connectivity index (χ2n) is 3.97. The van der Waals surface area contributed by atoms with Gasteiger partial charge in [0.2, 0.25) is 0 Å². The molecule has 13 heavy (non-hydrogen) atoms. The molecule has 0 saturated heterocycles. The molecule has 1 heterocycles. The smallest absolute Gasteiger partial charge is 0.0922 e. The van der Waals surface area contributed by atoms with E-state index >= 15 is 0 Å². The lowest BCUT2D eigenvalue weighted by Crippen LogP contribution is -2.19. The Morgan fingerprint density at radius 2 is 2.46 bits per heavy atom. The third kappa shape index (κ3) is 1.30. The molecule has 0 saturated carbocycles.